The number of amidine groups is 1. The number of rotatable bonds is 1. The van der Waals surface area contributed by atoms with Crippen molar-refractivity contribution in [3.63, 3.8) is 0 Å². The summed E-state index contributed by atoms with van der Waals surface area (Å²) in [5.41, 5.74) is 3.83. The Balaban J connectivity index is 2.41. The maximum absolute atomic E-state index is 7.84. The second-order valence-electron chi connectivity index (χ2n) is 3.92. The highest BCUT2D eigenvalue weighted by atomic mass is 15.2. The molecule has 2 heteroatoms. The van der Waals surface area contributed by atoms with Crippen LogP contribution in [0.2, 0.25) is 0 Å². The predicted molar refractivity (Wildman–Crippen MR) is 60.2 cm³/mol. The first kappa shape index (κ1) is 9.25. The van der Waals surface area contributed by atoms with Gasteiger partial charge in [0, 0.05) is 18.7 Å². The largest absolute Gasteiger partial charge is 0.330 e. The minimum Gasteiger partial charge on any atom is -0.330 e. The van der Waals surface area contributed by atoms with Gasteiger partial charge < -0.3 is 4.90 Å². The van der Waals surface area contributed by atoms with Crippen molar-refractivity contribution in [1.82, 2.24) is 0 Å². The van der Waals surface area contributed by atoms with Gasteiger partial charge >= 0.3 is 0 Å². The number of anilines is 1. The molecule has 2 nitrogen and oxygen atoms in total. The van der Waals surface area contributed by atoms with Crippen molar-refractivity contribution in [2.24, 2.45) is 0 Å². The van der Waals surface area contributed by atoms with E-state index >= 15 is 0 Å². The number of nitrogens with one attached hydrogen (secondary N) is 1. The van der Waals surface area contributed by atoms with Gasteiger partial charge in [-0.1, -0.05) is 12.1 Å². The van der Waals surface area contributed by atoms with E-state index in [1.54, 1.807) is 0 Å². The van der Waals surface area contributed by atoms with E-state index < -0.39 is 0 Å². The highest BCUT2D eigenvalue weighted by molar-refractivity contribution is 5.98. The van der Waals surface area contributed by atoms with Gasteiger partial charge in [-0.3, -0.25) is 5.41 Å². The Morgan fingerprint density at radius 1 is 1.29 bits per heavy atom. The van der Waals surface area contributed by atoms with Gasteiger partial charge in [0.2, 0.25) is 0 Å². The molecule has 0 spiro atoms. The molecular formula is C12H16N2. The first-order valence-electron chi connectivity index (χ1n) is 5.11. The van der Waals surface area contributed by atoms with Crippen molar-refractivity contribution in [3.05, 3.63) is 29.3 Å². The summed E-state index contributed by atoms with van der Waals surface area (Å²) in [5.74, 6) is 0.763. The standard InChI is InChI=1S/C12H16N2/c1-9-5-3-6-11(10(9)2)14-8-4-7-12(14)13/h3,5-6,13H,4,7-8H2,1-2H3. The molecule has 0 aromatic heterocycles. The molecule has 1 aromatic carbocycles. The highest BCUT2D eigenvalue weighted by Gasteiger charge is 2.19. The second-order valence-corrected chi connectivity index (χ2v) is 3.92. The topological polar surface area (TPSA) is 27.1 Å². The van der Waals surface area contributed by atoms with Gasteiger partial charge in [0.25, 0.3) is 0 Å². The fourth-order valence-electron chi connectivity index (χ4n) is 1.97. The Hall–Kier alpha value is -1.31. The first-order chi connectivity index (χ1) is 6.70. The summed E-state index contributed by atoms with van der Waals surface area (Å²) < 4.78 is 0. The van der Waals surface area contributed by atoms with Crippen molar-refractivity contribution < 1.29 is 0 Å². The minimum atomic E-state index is 0.763. The predicted octanol–water partition coefficient (Wildman–Crippen LogP) is 2.88. The summed E-state index contributed by atoms with van der Waals surface area (Å²) in [5, 5.41) is 7.84. The summed E-state index contributed by atoms with van der Waals surface area (Å²) in [6, 6.07) is 6.31. The minimum absolute atomic E-state index is 0.763. The van der Waals surface area contributed by atoms with Crippen molar-refractivity contribution in [3.8, 4) is 0 Å². The van der Waals surface area contributed by atoms with E-state index in [4.69, 9.17) is 5.41 Å². The van der Waals surface area contributed by atoms with Crippen molar-refractivity contribution in [1.29, 1.82) is 5.41 Å². The average Bonchev–Trinajstić information content (AvgIpc) is 2.57. The van der Waals surface area contributed by atoms with Crippen LogP contribution in [0.3, 0.4) is 0 Å². The molecule has 0 bridgehead atoms. The van der Waals surface area contributed by atoms with Crippen molar-refractivity contribution in [2.45, 2.75) is 26.7 Å². The molecule has 1 aromatic rings. The van der Waals surface area contributed by atoms with Crippen LogP contribution in [0.5, 0.6) is 0 Å². The zero-order chi connectivity index (χ0) is 10.1. The number of benzene rings is 1. The highest BCUT2D eigenvalue weighted by Crippen LogP contribution is 2.26. The molecule has 0 atom stereocenters. The molecule has 2 rings (SSSR count). The Bertz CT molecular complexity index is 369. The van der Waals surface area contributed by atoms with Crippen molar-refractivity contribution in [2.75, 3.05) is 11.4 Å². The number of hydrogen-bond acceptors (Lipinski definition) is 1. The molecule has 74 valence electrons. The van der Waals surface area contributed by atoms with E-state index in [9.17, 15) is 0 Å². The third kappa shape index (κ3) is 1.41. The number of hydrogen-bond donors (Lipinski definition) is 1. The van der Waals surface area contributed by atoms with Gasteiger partial charge in [-0.2, -0.15) is 0 Å². The van der Waals surface area contributed by atoms with Gasteiger partial charge in [-0.15, -0.1) is 0 Å². The quantitative estimate of drug-likeness (QED) is 0.720. The Labute approximate surface area is 85.1 Å². The molecule has 0 saturated carbocycles. The molecule has 14 heavy (non-hydrogen) atoms. The summed E-state index contributed by atoms with van der Waals surface area (Å²) in [4.78, 5) is 2.13. The Morgan fingerprint density at radius 2 is 2.07 bits per heavy atom. The van der Waals surface area contributed by atoms with Crippen LogP contribution < -0.4 is 4.90 Å². The molecule has 1 aliphatic rings. The summed E-state index contributed by atoms with van der Waals surface area (Å²) in [7, 11) is 0. The SMILES string of the molecule is Cc1cccc(N2CCCC2=N)c1C. The van der Waals surface area contributed by atoms with Crippen LogP contribution in [-0.4, -0.2) is 12.4 Å². The molecule has 1 N–H and O–H groups in total. The third-order valence-corrected chi connectivity index (χ3v) is 2.99. The molecule has 0 unspecified atom stereocenters. The maximum Gasteiger partial charge on any atom is 0.100 e. The van der Waals surface area contributed by atoms with Gasteiger partial charge in [-0.25, -0.2) is 0 Å². The van der Waals surface area contributed by atoms with Crippen molar-refractivity contribution >= 4 is 11.5 Å². The molecule has 0 radical (unpaired) electrons. The van der Waals surface area contributed by atoms with E-state index in [1.165, 1.54) is 16.8 Å². The molecule has 1 fully saturated rings. The smallest absolute Gasteiger partial charge is 0.100 e. The second kappa shape index (κ2) is 3.45. The lowest BCUT2D eigenvalue weighted by Gasteiger charge is -2.21. The molecule has 0 aliphatic carbocycles. The van der Waals surface area contributed by atoms with Crippen LogP contribution in [0.15, 0.2) is 18.2 Å². The lowest BCUT2D eigenvalue weighted by molar-refractivity contribution is 0.953. The van der Waals surface area contributed by atoms with E-state index in [0.29, 0.717) is 0 Å². The lowest BCUT2D eigenvalue weighted by Crippen LogP contribution is -2.24. The average molecular weight is 188 g/mol. The van der Waals surface area contributed by atoms with Crippen LogP contribution in [0.25, 0.3) is 0 Å². The molecule has 1 heterocycles. The lowest BCUT2D eigenvalue weighted by atomic mass is 10.1. The molecular weight excluding hydrogens is 172 g/mol. The molecule has 0 amide bonds. The van der Waals surface area contributed by atoms with Crippen LogP contribution in [-0.2, 0) is 0 Å². The van der Waals surface area contributed by atoms with Gasteiger partial charge in [0.05, 0.1) is 0 Å². The monoisotopic (exact) mass is 188 g/mol. The summed E-state index contributed by atoms with van der Waals surface area (Å²) in [6.07, 6.45) is 2.04. The van der Waals surface area contributed by atoms with E-state index in [1.807, 2.05) is 0 Å². The van der Waals surface area contributed by atoms with E-state index in [-0.39, 0.29) is 0 Å². The maximum atomic E-state index is 7.84. The first-order valence-corrected chi connectivity index (χ1v) is 5.11. The van der Waals surface area contributed by atoms with Gasteiger partial charge in [-0.05, 0) is 37.5 Å². The zero-order valence-corrected chi connectivity index (χ0v) is 8.80. The van der Waals surface area contributed by atoms with E-state index in [2.05, 4.69) is 36.9 Å². The summed E-state index contributed by atoms with van der Waals surface area (Å²) in [6.45, 7) is 5.26. The third-order valence-electron chi connectivity index (χ3n) is 2.99. The Morgan fingerprint density at radius 3 is 2.71 bits per heavy atom. The number of aryl methyl sites for hydroxylation is 1. The number of nitrogens with zero attached hydrogens (tertiary/aromatic N) is 1. The Kier molecular flexibility index (Phi) is 2.28. The molecule has 1 aliphatic heterocycles. The fraction of sp³-hybridized carbons (Fsp3) is 0.417. The fourth-order valence-corrected chi connectivity index (χ4v) is 1.97. The normalized spacial score (nSPS) is 16.4. The zero-order valence-electron chi connectivity index (χ0n) is 8.80. The van der Waals surface area contributed by atoms with Gasteiger partial charge in [0.1, 0.15) is 5.84 Å². The van der Waals surface area contributed by atoms with E-state index in [0.717, 1.165) is 25.2 Å². The van der Waals surface area contributed by atoms with Gasteiger partial charge in [0.15, 0.2) is 0 Å². The van der Waals surface area contributed by atoms with Crippen LogP contribution in [0.1, 0.15) is 24.0 Å². The molecule has 1 saturated heterocycles. The van der Waals surface area contributed by atoms with Crippen LogP contribution in [0.4, 0.5) is 5.69 Å². The summed E-state index contributed by atoms with van der Waals surface area (Å²) >= 11 is 0. The van der Waals surface area contributed by atoms with Crippen LogP contribution >= 0.6 is 0 Å². The van der Waals surface area contributed by atoms with Crippen LogP contribution in [0, 0.1) is 19.3 Å².